The maximum atomic E-state index is 9.80. The van der Waals surface area contributed by atoms with Gasteiger partial charge in [0.05, 0.1) is 6.10 Å². The fourth-order valence-corrected chi connectivity index (χ4v) is 9.68. The number of rotatable bonds is 3. The lowest BCUT2D eigenvalue weighted by atomic mass is 9.45. The van der Waals surface area contributed by atoms with Crippen LogP contribution in [0.1, 0.15) is 72.1 Å². The van der Waals surface area contributed by atoms with E-state index in [4.69, 9.17) is 4.74 Å². The Hall–Kier alpha value is -0.0800. The summed E-state index contributed by atoms with van der Waals surface area (Å²) in [6, 6.07) is 0. The molecule has 2 nitrogen and oxygen atoms in total. The van der Waals surface area contributed by atoms with Crippen LogP contribution in [-0.2, 0) is 4.74 Å². The molecule has 0 unspecified atom stereocenters. The molecule has 0 amide bonds. The van der Waals surface area contributed by atoms with Crippen LogP contribution in [0.25, 0.3) is 0 Å². The Labute approximate surface area is 154 Å². The van der Waals surface area contributed by atoms with Gasteiger partial charge in [0.2, 0.25) is 0 Å². The van der Waals surface area contributed by atoms with E-state index in [9.17, 15) is 5.11 Å². The minimum absolute atomic E-state index is 0.365. The molecule has 0 aromatic heterocycles. The lowest BCUT2D eigenvalue weighted by Crippen LogP contribution is -2.57. The van der Waals surface area contributed by atoms with Gasteiger partial charge in [-0.25, -0.2) is 0 Å². The third-order valence-corrected chi connectivity index (χ3v) is 10.9. The molecule has 5 rings (SSSR count). The molecule has 5 fully saturated rings. The van der Waals surface area contributed by atoms with Crippen molar-refractivity contribution < 1.29 is 9.84 Å². The largest absolute Gasteiger partial charge is 0.396 e. The summed E-state index contributed by atoms with van der Waals surface area (Å²) in [5, 5.41) is 9.80. The van der Waals surface area contributed by atoms with Crippen LogP contribution in [-0.4, -0.2) is 24.9 Å². The van der Waals surface area contributed by atoms with Crippen LogP contribution in [0, 0.1) is 51.8 Å². The molecule has 5 aliphatic carbocycles. The number of aliphatic hydroxyl groups is 1. The van der Waals surface area contributed by atoms with Crippen LogP contribution < -0.4 is 0 Å². The van der Waals surface area contributed by atoms with Gasteiger partial charge in [-0.05, 0) is 97.7 Å². The number of methoxy groups -OCH3 is 1. The Kier molecular flexibility index (Phi) is 3.58. The second kappa shape index (κ2) is 5.25. The summed E-state index contributed by atoms with van der Waals surface area (Å²) in [4.78, 5) is 0. The quantitative estimate of drug-likeness (QED) is 0.787. The highest BCUT2D eigenvalue weighted by atomic mass is 16.5. The van der Waals surface area contributed by atoms with Crippen LogP contribution in [0.2, 0.25) is 0 Å². The summed E-state index contributed by atoms with van der Waals surface area (Å²) in [6.07, 6.45) is 11.8. The number of hydrogen-bond acceptors (Lipinski definition) is 2. The SMILES string of the molecule is CO[C@@H]1C[C@H]2[C@@H]3CC[C@H]([C@H](C)CO)[C@@]3(C)CC[C@@H]2[C@@]2(C)CC[C@H]3C[C@]312. The maximum Gasteiger partial charge on any atom is 0.0638 e. The van der Waals surface area contributed by atoms with Crippen molar-refractivity contribution in [2.45, 2.75) is 78.2 Å². The van der Waals surface area contributed by atoms with Crippen molar-refractivity contribution in [3.63, 3.8) is 0 Å². The Morgan fingerprint density at radius 2 is 1.88 bits per heavy atom. The molecule has 0 bridgehead atoms. The molecule has 2 heteroatoms. The Bertz CT molecular complexity index is 560. The van der Waals surface area contributed by atoms with Crippen molar-refractivity contribution >= 4 is 0 Å². The lowest BCUT2D eigenvalue weighted by molar-refractivity contribution is -0.161. The Morgan fingerprint density at radius 3 is 2.56 bits per heavy atom. The van der Waals surface area contributed by atoms with E-state index in [2.05, 4.69) is 20.8 Å². The van der Waals surface area contributed by atoms with E-state index in [1.807, 2.05) is 7.11 Å². The van der Waals surface area contributed by atoms with E-state index >= 15 is 0 Å². The van der Waals surface area contributed by atoms with Gasteiger partial charge in [0.15, 0.2) is 0 Å². The van der Waals surface area contributed by atoms with Crippen molar-refractivity contribution in [3.05, 3.63) is 0 Å². The number of hydrogen-bond donors (Lipinski definition) is 1. The van der Waals surface area contributed by atoms with Gasteiger partial charge in [0.25, 0.3) is 0 Å². The van der Waals surface area contributed by atoms with Crippen molar-refractivity contribution in [3.8, 4) is 0 Å². The van der Waals surface area contributed by atoms with Crippen molar-refractivity contribution in [1.82, 2.24) is 0 Å². The standard InChI is InChI=1S/C23H38O2/c1-14(13-24)17-5-6-18-16-11-20(25-4)23-12-15(23)7-10-22(23,3)19(16)8-9-21(17,18)2/h14-20,24H,5-13H2,1-4H3/t14-,15+,16+,17-,18+,19+,20-,21-,22-,23+/m1/s1. The fraction of sp³-hybridized carbons (Fsp3) is 1.00. The molecule has 142 valence electrons. The predicted octanol–water partition coefficient (Wildman–Crippen LogP) is 4.90. The van der Waals surface area contributed by atoms with Crippen LogP contribution in [0.4, 0.5) is 0 Å². The van der Waals surface area contributed by atoms with Crippen LogP contribution >= 0.6 is 0 Å². The van der Waals surface area contributed by atoms with Gasteiger partial charge in [0, 0.05) is 19.1 Å². The molecule has 0 heterocycles. The molecule has 0 aliphatic heterocycles. The first-order valence-corrected chi connectivity index (χ1v) is 11.1. The van der Waals surface area contributed by atoms with Gasteiger partial charge in [-0.2, -0.15) is 0 Å². The molecule has 0 aromatic rings. The molecule has 5 aliphatic rings. The summed E-state index contributed by atoms with van der Waals surface area (Å²) in [5.74, 6) is 4.85. The van der Waals surface area contributed by atoms with E-state index in [1.54, 1.807) is 0 Å². The van der Waals surface area contributed by atoms with Gasteiger partial charge >= 0.3 is 0 Å². The average molecular weight is 347 g/mol. The van der Waals surface area contributed by atoms with Gasteiger partial charge in [0.1, 0.15) is 0 Å². The zero-order valence-corrected chi connectivity index (χ0v) is 16.8. The molecule has 10 atom stereocenters. The van der Waals surface area contributed by atoms with E-state index < -0.39 is 0 Å². The summed E-state index contributed by atoms with van der Waals surface area (Å²) >= 11 is 0. The smallest absolute Gasteiger partial charge is 0.0638 e. The normalized spacial score (nSPS) is 60.4. The van der Waals surface area contributed by atoms with Gasteiger partial charge < -0.3 is 9.84 Å². The van der Waals surface area contributed by atoms with E-state index in [0.717, 1.165) is 29.6 Å². The minimum Gasteiger partial charge on any atom is -0.396 e. The highest BCUT2D eigenvalue weighted by Gasteiger charge is 2.77. The molecule has 5 saturated carbocycles. The summed E-state index contributed by atoms with van der Waals surface area (Å²) < 4.78 is 6.20. The highest BCUT2D eigenvalue weighted by molar-refractivity contribution is 5.26. The van der Waals surface area contributed by atoms with Gasteiger partial charge in [-0.15, -0.1) is 0 Å². The molecule has 0 radical (unpaired) electrons. The summed E-state index contributed by atoms with van der Waals surface area (Å²) in [5.41, 5.74) is 1.56. The topological polar surface area (TPSA) is 29.5 Å². The van der Waals surface area contributed by atoms with E-state index in [0.29, 0.717) is 34.9 Å². The molecule has 1 N–H and O–H groups in total. The van der Waals surface area contributed by atoms with E-state index in [1.165, 1.54) is 51.4 Å². The number of ether oxygens (including phenoxy) is 1. The minimum atomic E-state index is 0.365. The molecule has 0 aromatic carbocycles. The second-order valence-corrected chi connectivity index (χ2v) is 11.1. The second-order valence-electron chi connectivity index (χ2n) is 11.1. The predicted molar refractivity (Wildman–Crippen MR) is 100 cm³/mol. The molecule has 25 heavy (non-hydrogen) atoms. The number of fused-ring (bicyclic) bond motifs is 4. The van der Waals surface area contributed by atoms with Crippen LogP contribution in [0.5, 0.6) is 0 Å². The molecular formula is C23H38O2. The Morgan fingerprint density at radius 1 is 1.08 bits per heavy atom. The van der Waals surface area contributed by atoms with Gasteiger partial charge in [-0.1, -0.05) is 20.8 Å². The highest BCUT2D eigenvalue weighted by Crippen LogP contribution is 2.82. The molecule has 1 spiro atoms. The van der Waals surface area contributed by atoms with Crippen molar-refractivity contribution in [2.24, 2.45) is 51.8 Å². The maximum absolute atomic E-state index is 9.80. The lowest BCUT2D eigenvalue weighted by Gasteiger charge is -2.61. The monoisotopic (exact) mass is 346 g/mol. The van der Waals surface area contributed by atoms with Crippen molar-refractivity contribution in [1.29, 1.82) is 0 Å². The third-order valence-electron chi connectivity index (χ3n) is 10.9. The third kappa shape index (κ3) is 1.85. The van der Waals surface area contributed by atoms with Crippen LogP contribution in [0.3, 0.4) is 0 Å². The van der Waals surface area contributed by atoms with Crippen LogP contribution in [0.15, 0.2) is 0 Å². The van der Waals surface area contributed by atoms with E-state index in [-0.39, 0.29) is 0 Å². The fourth-order valence-electron chi connectivity index (χ4n) is 9.68. The Balaban J connectivity index is 1.49. The summed E-state index contributed by atoms with van der Waals surface area (Å²) in [6.45, 7) is 7.89. The molecule has 0 saturated heterocycles. The molecular weight excluding hydrogens is 308 g/mol. The zero-order valence-electron chi connectivity index (χ0n) is 16.8. The van der Waals surface area contributed by atoms with Crippen molar-refractivity contribution in [2.75, 3.05) is 13.7 Å². The first-order chi connectivity index (χ1) is 11.9. The summed E-state index contributed by atoms with van der Waals surface area (Å²) in [7, 11) is 1.99. The van der Waals surface area contributed by atoms with Gasteiger partial charge in [-0.3, -0.25) is 0 Å². The number of aliphatic hydroxyl groups excluding tert-OH is 1. The average Bonchev–Trinajstić information content (AvgIpc) is 3.12. The first-order valence-electron chi connectivity index (χ1n) is 11.1. The zero-order chi connectivity index (χ0) is 17.6. The first kappa shape index (κ1) is 17.0.